The minimum Gasteiger partial charge on any atom is -0.252 e. The molecular formula is C25H24ClN. The van der Waals surface area contributed by atoms with Gasteiger partial charge < -0.3 is 0 Å². The van der Waals surface area contributed by atoms with Crippen LogP contribution in [0.2, 0.25) is 5.02 Å². The van der Waals surface area contributed by atoms with Gasteiger partial charge in [-0.2, -0.15) is 0 Å². The van der Waals surface area contributed by atoms with Crippen molar-refractivity contribution >= 4 is 22.5 Å². The zero-order valence-electron chi connectivity index (χ0n) is 15.5. The summed E-state index contributed by atoms with van der Waals surface area (Å²) in [6.45, 7) is 0. The Labute approximate surface area is 165 Å². The van der Waals surface area contributed by atoms with Gasteiger partial charge >= 0.3 is 0 Å². The number of nitrogens with zero attached hydrogens (tertiary/aromatic N) is 1. The molecule has 4 fully saturated rings. The highest BCUT2D eigenvalue weighted by atomic mass is 35.5. The molecule has 2 heteroatoms. The fourth-order valence-corrected chi connectivity index (χ4v) is 6.92. The highest BCUT2D eigenvalue weighted by molar-refractivity contribution is 6.31. The SMILES string of the molecule is Clc1ccc2nc(C34CC5CC(CC(C5)C3)C4)cc(-c3ccccc3)c2c1. The highest BCUT2D eigenvalue weighted by Crippen LogP contribution is 2.60. The molecule has 0 aliphatic heterocycles. The molecule has 0 spiro atoms. The number of fused-ring (bicyclic) bond motifs is 1. The average molecular weight is 374 g/mol. The van der Waals surface area contributed by atoms with Crippen molar-refractivity contribution in [2.24, 2.45) is 17.8 Å². The number of aromatic nitrogens is 1. The summed E-state index contributed by atoms with van der Waals surface area (Å²) in [5.41, 5.74) is 5.29. The number of rotatable bonds is 2. The van der Waals surface area contributed by atoms with Gasteiger partial charge in [0.25, 0.3) is 0 Å². The predicted molar refractivity (Wildman–Crippen MR) is 112 cm³/mol. The maximum atomic E-state index is 6.35. The number of hydrogen-bond donors (Lipinski definition) is 0. The minimum atomic E-state index is 0.312. The fraction of sp³-hybridized carbons (Fsp3) is 0.400. The summed E-state index contributed by atoms with van der Waals surface area (Å²) < 4.78 is 0. The van der Waals surface area contributed by atoms with Gasteiger partial charge in [0.15, 0.2) is 0 Å². The van der Waals surface area contributed by atoms with Crippen molar-refractivity contribution in [1.29, 1.82) is 0 Å². The van der Waals surface area contributed by atoms with E-state index in [-0.39, 0.29) is 0 Å². The van der Waals surface area contributed by atoms with Crippen LogP contribution in [0.3, 0.4) is 0 Å². The number of pyridine rings is 1. The van der Waals surface area contributed by atoms with E-state index < -0.39 is 0 Å². The molecule has 1 heterocycles. The van der Waals surface area contributed by atoms with Crippen molar-refractivity contribution in [2.45, 2.75) is 43.9 Å². The maximum absolute atomic E-state index is 6.35. The largest absolute Gasteiger partial charge is 0.252 e. The molecule has 1 aromatic heterocycles. The summed E-state index contributed by atoms with van der Waals surface area (Å²) in [6.07, 6.45) is 8.44. The first kappa shape index (κ1) is 16.1. The van der Waals surface area contributed by atoms with E-state index in [1.807, 2.05) is 6.07 Å². The Morgan fingerprint density at radius 2 is 1.48 bits per heavy atom. The van der Waals surface area contributed by atoms with Gasteiger partial charge in [0.2, 0.25) is 0 Å². The van der Waals surface area contributed by atoms with Crippen LogP contribution in [0.5, 0.6) is 0 Å². The quantitative estimate of drug-likeness (QED) is 0.470. The Morgan fingerprint density at radius 3 is 2.15 bits per heavy atom. The molecule has 0 unspecified atom stereocenters. The lowest BCUT2D eigenvalue weighted by atomic mass is 9.48. The van der Waals surface area contributed by atoms with E-state index in [1.165, 1.54) is 60.7 Å². The molecule has 2 aromatic carbocycles. The predicted octanol–water partition coefficient (Wildman–Crippen LogP) is 7.02. The standard InChI is InChI=1S/C25H24ClN/c26-20-6-7-23-22(11-20)21(19-4-2-1-3-5-19)12-24(27-23)25-13-16-8-17(14-25)10-18(9-16)15-25/h1-7,11-12,16-18H,8-10,13-15H2. The molecule has 1 nitrogen and oxygen atoms in total. The van der Waals surface area contributed by atoms with E-state index in [2.05, 4.69) is 48.5 Å². The first-order chi connectivity index (χ1) is 13.2. The summed E-state index contributed by atoms with van der Waals surface area (Å²) in [7, 11) is 0. The van der Waals surface area contributed by atoms with Crippen molar-refractivity contribution in [3.8, 4) is 11.1 Å². The third-order valence-electron chi connectivity index (χ3n) is 7.44. The first-order valence-electron chi connectivity index (χ1n) is 10.3. The minimum absolute atomic E-state index is 0.312. The van der Waals surface area contributed by atoms with Crippen LogP contribution in [-0.4, -0.2) is 4.98 Å². The summed E-state index contributed by atoms with van der Waals surface area (Å²) in [5.74, 6) is 2.79. The van der Waals surface area contributed by atoms with Crippen LogP contribution in [0, 0.1) is 17.8 Å². The summed E-state index contributed by atoms with van der Waals surface area (Å²) in [4.78, 5) is 5.23. The monoisotopic (exact) mass is 373 g/mol. The van der Waals surface area contributed by atoms with E-state index in [4.69, 9.17) is 16.6 Å². The van der Waals surface area contributed by atoms with Crippen LogP contribution in [0.4, 0.5) is 0 Å². The maximum Gasteiger partial charge on any atom is 0.0712 e. The highest BCUT2D eigenvalue weighted by Gasteiger charge is 2.52. The molecule has 0 amide bonds. The number of benzene rings is 2. The zero-order valence-corrected chi connectivity index (χ0v) is 16.3. The van der Waals surface area contributed by atoms with Crippen LogP contribution < -0.4 is 0 Å². The molecule has 3 aromatic rings. The molecule has 4 bridgehead atoms. The van der Waals surface area contributed by atoms with Crippen molar-refractivity contribution in [2.75, 3.05) is 0 Å². The van der Waals surface area contributed by atoms with Gasteiger partial charge in [-0.3, -0.25) is 4.98 Å². The zero-order chi connectivity index (χ0) is 18.0. The van der Waals surface area contributed by atoms with E-state index in [0.717, 1.165) is 28.3 Å². The van der Waals surface area contributed by atoms with Crippen LogP contribution in [-0.2, 0) is 5.41 Å². The van der Waals surface area contributed by atoms with Crippen molar-refractivity contribution in [3.63, 3.8) is 0 Å². The van der Waals surface area contributed by atoms with Gasteiger partial charge in [0, 0.05) is 21.5 Å². The number of hydrogen-bond acceptors (Lipinski definition) is 1. The van der Waals surface area contributed by atoms with Crippen molar-refractivity contribution in [1.82, 2.24) is 4.98 Å². The normalized spacial score (nSPS) is 31.5. The van der Waals surface area contributed by atoms with Crippen LogP contribution in [0.25, 0.3) is 22.0 Å². The molecule has 0 N–H and O–H groups in total. The smallest absolute Gasteiger partial charge is 0.0712 e. The Balaban J connectivity index is 1.58. The van der Waals surface area contributed by atoms with Crippen LogP contribution in [0.1, 0.15) is 44.2 Å². The van der Waals surface area contributed by atoms with E-state index in [9.17, 15) is 0 Å². The second-order valence-electron chi connectivity index (χ2n) is 9.28. The molecule has 4 aliphatic rings. The van der Waals surface area contributed by atoms with Gasteiger partial charge in [0.05, 0.1) is 5.52 Å². The molecule has 4 aliphatic carbocycles. The Morgan fingerprint density at radius 1 is 0.815 bits per heavy atom. The third kappa shape index (κ3) is 2.55. The molecule has 136 valence electrons. The molecule has 0 saturated heterocycles. The second-order valence-corrected chi connectivity index (χ2v) is 9.72. The molecule has 0 radical (unpaired) electrons. The second kappa shape index (κ2) is 5.82. The van der Waals surface area contributed by atoms with Gasteiger partial charge in [-0.05, 0) is 91.7 Å². The summed E-state index contributed by atoms with van der Waals surface area (Å²) in [6, 6.07) is 19.3. The van der Waals surface area contributed by atoms with Crippen LogP contribution in [0.15, 0.2) is 54.6 Å². The van der Waals surface area contributed by atoms with Gasteiger partial charge in [-0.25, -0.2) is 0 Å². The van der Waals surface area contributed by atoms with E-state index in [1.54, 1.807) is 0 Å². The topological polar surface area (TPSA) is 12.9 Å². The lowest BCUT2D eigenvalue weighted by molar-refractivity contribution is -0.00703. The lowest BCUT2D eigenvalue weighted by Crippen LogP contribution is -2.48. The molecular weight excluding hydrogens is 350 g/mol. The molecule has 7 rings (SSSR count). The van der Waals surface area contributed by atoms with E-state index in [0.29, 0.717) is 5.41 Å². The Kier molecular flexibility index (Phi) is 3.47. The summed E-state index contributed by atoms with van der Waals surface area (Å²) >= 11 is 6.35. The van der Waals surface area contributed by atoms with Gasteiger partial charge in [0.1, 0.15) is 0 Å². The number of halogens is 1. The Hall–Kier alpha value is -1.86. The Bertz CT molecular complexity index is 988. The van der Waals surface area contributed by atoms with Crippen LogP contribution >= 0.6 is 11.6 Å². The molecule has 0 atom stereocenters. The molecule has 4 saturated carbocycles. The van der Waals surface area contributed by atoms with Crippen molar-refractivity contribution in [3.05, 3.63) is 65.3 Å². The average Bonchev–Trinajstić information content (AvgIpc) is 2.67. The molecule has 27 heavy (non-hydrogen) atoms. The van der Waals surface area contributed by atoms with E-state index >= 15 is 0 Å². The first-order valence-corrected chi connectivity index (χ1v) is 10.7. The van der Waals surface area contributed by atoms with Gasteiger partial charge in [-0.15, -0.1) is 0 Å². The lowest BCUT2D eigenvalue weighted by Gasteiger charge is -2.56. The summed E-state index contributed by atoms with van der Waals surface area (Å²) in [5, 5.41) is 1.95. The third-order valence-corrected chi connectivity index (χ3v) is 7.67. The van der Waals surface area contributed by atoms with Crippen molar-refractivity contribution < 1.29 is 0 Å². The fourth-order valence-electron chi connectivity index (χ4n) is 6.75. The van der Waals surface area contributed by atoms with Gasteiger partial charge in [-0.1, -0.05) is 41.9 Å².